The molecule has 3 aromatic heterocycles. The average Bonchev–Trinajstić information content (AvgIpc) is 3.27. The molecule has 37 heavy (non-hydrogen) atoms. The highest BCUT2D eigenvalue weighted by molar-refractivity contribution is 6.20. The number of alkyl halides is 2. The predicted molar refractivity (Wildman–Crippen MR) is 150 cm³/mol. The van der Waals surface area contributed by atoms with Crippen LogP contribution in [0.1, 0.15) is 12.8 Å². The van der Waals surface area contributed by atoms with E-state index in [0.717, 1.165) is 44.3 Å². The number of nitrogens with one attached hydrogen (secondary N) is 3. The molecule has 0 aliphatic rings. The maximum absolute atomic E-state index is 12.4. The summed E-state index contributed by atoms with van der Waals surface area (Å²) in [5.41, 5.74) is 6.12. The Morgan fingerprint density at radius 2 is 1.16 bits per heavy atom. The molecule has 3 N–H and O–H groups in total. The van der Waals surface area contributed by atoms with E-state index in [1.807, 2.05) is 60.7 Å². The Labute approximate surface area is 223 Å². The van der Waals surface area contributed by atoms with Crippen LogP contribution in [0.3, 0.4) is 0 Å². The Balaban J connectivity index is 1.79. The van der Waals surface area contributed by atoms with Crippen LogP contribution in [-0.2, 0) is 9.59 Å². The first-order valence-corrected chi connectivity index (χ1v) is 12.8. The normalized spacial score (nSPS) is 11.1. The van der Waals surface area contributed by atoms with Gasteiger partial charge in [-0.25, -0.2) is 0 Å². The van der Waals surface area contributed by atoms with Crippen LogP contribution in [0.25, 0.3) is 44.3 Å². The Bertz CT molecular complexity index is 1470. The molecule has 0 bridgehead atoms. The third kappa shape index (κ3) is 5.28. The van der Waals surface area contributed by atoms with E-state index in [1.54, 1.807) is 12.4 Å². The van der Waals surface area contributed by atoms with Crippen LogP contribution in [0.2, 0.25) is 0 Å². The molecule has 9 heteroatoms. The summed E-state index contributed by atoms with van der Waals surface area (Å²) in [5.74, 6) is 0.105. The van der Waals surface area contributed by atoms with E-state index in [0.29, 0.717) is 11.4 Å². The largest absolute Gasteiger partial charge is 0.353 e. The summed E-state index contributed by atoms with van der Waals surface area (Å²) in [7, 11) is 0. The molecular weight excluding hydrogens is 509 g/mol. The first-order chi connectivity index (χ1) is 18.1. The maximum atomic E-state index is 12.4. The highest BCUT2D eigenvalue weighted by Crippen LogP contribution is 2.40. The maximum Gasteiger partial charge on any atom is 0.225 e. The van der Waals surface area contributed by atoms with Crippen LogP contribution < -0.4 is 10.6 Å². The molecule has 2 aromatic carbocycles. The lowest BCUT2D eigenvalue weighted by atomic mass is 10.0. The van der Waals surface area contributed by atoms with Crippen molar-refractivity contribution in [3.8, 4) is 22.5 Å². The average molecular weight is 532 g/mol. The summed E-state index contributed by atoms with van der Waals surface area (Å²) < 4.78 is 0. The number of nitrogens with zero attached hydrogens (tertiary/aromatic N) is 2. The van der Waals surface area contributed by atoms with E-state index in [2.05, 4.69) is 25.6 Å². The fraction of sp³-hybridized carbons (Fsp3) is 0.143. The third-order valence-electron chi connectivity index (χ3n) is 5.91. The number of carbonyl (C=O) groups excluding carboxylic acids is 2. The van der Waals surface area contributed by atoms with Crippen molar-refractivity contribution in [3.63, 3.8) is 0 Å². The van der Waals surface area contributed by atoms with Crippen molar-refractivity contribution in [2.75, 3.05) is 22.4 Å². The van der Waals surface area contributed by atoms with E-state index in [-0.39, 0.29) is 36.4 Å². The number of hydrogen-bond donors (Lipinski definition) is 3. The van der Waals surface area contributed by atoms with Crippen LogP contribution in [0.4, 0.5) is 11.4 Å². The van der Waals surface area contributed by atoms with Gasteiger partial charge < -0.3 is 15.6 Å². The second-order valence-corrected chi connectivity index (χ2v) is 9.18. The molecule has 0 spiro atoms. The molecule has 0 aliphatic carbocycles. The molecule has 186 valence electrons. The van der Waals surface area contributed by atoms with Gasteiger partial charge in [0.25, 0.3) is 0 Å². The van der Waals surface area contributed by atoms with Gasteiger partial charge in [-0.15, -0.1) is 23.2 Å². The third-order valence-corrected chi connectivity index (χ3v) is 6.29. The minimum atomic E-state index is -0.177. The van der Waals surface area contributed by atoms with Gasteiger partial charge in [-0.1, -0.05) is 12.1 Å². The molecule has 5 rings (SSSR count). The summed E-state index contributed by atoms with van der Waals surface area (Å²) >= 11 is 11.6. The van der Waals surface area contributed by atoms with Crippen molar-refractivity contribution in [1.29, 1.82) is 0 Å². The van der Waals surface area contributed by atoms with E-state index in [9.17, 15) is 9.59 Å². The lowest BCUT2D eigenvalue weighted by Crippen LogP contribution is -2.12. The number of H-pyrrole nitrogens is 1. The first kappa shape index (κ1) is 24.7. The molecule has 0 fully saturated rings. The SMILES string of the molecule is O=C(CCCl)Nc1cc(-c2ccccn2)c2[nH]c3c(-c4ccccn4)cc(NC(=O)CCCl)cc3c2c1. The Hall–Kier alpha value is -3.94. The number of carbonyl (C=O) groups is 2. The number of anilines is 2. The van der Waals surface area contributed by atoms with Crippen molar-refractivity contribution < 1.29 is 9.59 Å². The number of aromatic nitrogens is 3. The Morgan fingerprint density at radius 3 is 1.54 bits per heavy atom. The smallest absolute Gasteiger partial charge is 0.225 e. The predicted octanol–water partition coefficient (Wildman–Crippen LogP) is 6.58. The molecule has 0 saturated carbocycles. The van der Waals surface area contributed by atoms with Gasteiger partial charge in [0.2, 0.25) is 11.8 Å². The number of fused-ring (bicyclic) bond motifs is 3. The lowest BCUT2D eigenvalue weighted by molar-refractivity contribution is -0.116. The van der Waals surface area contributed by atoms with E-state index in [1.165, 1.54) is 0 Å². The van der Waals surface area contributed by atoms with E-state index >= 15 is 0 Å². The first-order valence-electron chi connectivity index (χ1n) is 11.8. The zero-order valence-corrected chi connectivity index (χ0v) is 21.2. The minimum Gasteiger partial charge on any atom is -0.353 e. The molecule has 2 amide bonds. The number of hydrogen-bond acceptors (Lipinski definition) is 4. The molecule has 7 nitrogen and oxygen atoms in total. The zero-order valence-electron chi connectivity index (χ0n) is 19.7. The second-order valence-electron chi connectivity index (χ2n) is 8.42. The van der Waals surface area contributed by atoms with E-state index < -0.39 is 0 Å². The van der Waals surface area contributed by atoms with Gasteiger partial charge in [-0.3, -0.25) is 19.6 Å². The second kappa shape index (κ2) is 11.0. The van der Waals surface area contributed by atoms with E-state index in [4.69, 9.17) is 23.2 Å². The summed E-state index contributed by atoms with van der Waals surface area (Å²) in [6, 6.07) is 19.0. The van der Waals surface area contributed by atoms with Crippen molar-refractivity contribution >= 4 is 68.2 Å². The summed E-state index contributed by atoms with van der Waals surface area (Å²) in [6.45, 7) is 0. The molecule has 0 radical (unpaired) electrons. The van der Waals surface area contributed by atoms with Gasteiger partial charge in [0.05, 0.1) is 22.4 Å². The van der Waals surface area contributed by atoms with Crippen LogP contribution in [0, 0.1) is 0 Å². The number of halogens is 2. The quantitative estimate of drug-likeness (QED) is 0.197. The molecule has 0 unspecified atom stereocenters. The van der Waals surface area contributed by atoms with Gasteiger partial charge in [0.1, 0.15) is 0 Å². The molecule has 0 saturated heterocycles. The van der Waals surface area contributed by atoms with Crippen molar-refractivity contribution in [3.05, 3.63) is 73.1 Å². The highest BCUT2D eigenvalue weighted by atomic mass is 35.5. The number of aromatic amines is 1. The number of benzene rings is 2. The minimum absolute atomic E-state index is 0.177. The standard InChI is InChI=1S/C28H23Cl2N5O2/c29-9-7-25(36)33-17-13-19-20-14-18(34-26(37)8-10-30)16-22(24-6-2-4-12-32-24)28(20)35-27(19)21(15-17)23-5-1-3-11-31-23/h1-6,11-16,35H,7-10H2,(H,33,36)(H,34,37). The molecular formula is C28H23Cl2N5O2. The van der Waals surface area contributed by atoms with Gasteiger partial charge in [0, 0.05) is 70.3 Å². The molecule has 3 heterocycles. The summed E-state index contributed by atoms with van der Waals surface area (Å²) in [6.07, 6.45) is 3.86. The van der Waals surface area contributed by atoms with Crippen LogP contribution in [-0.4, -0.2) is 38.5 Å². The summed E-state index contributed by atoms with van der Waals surface area (Å²) in [5, 5.41) is 7.63. The number of pyridine rings is 2. The molecule has 0 aliphatic heterocycles. The van der Waals surface area contributed by atoms with Gasteiger partial charge in [-0.2, -0.15) is 0 Å². The van der Waals surface area contributed by atoms with Gasteiger partial charge >= 0.3 is 0 Å². The Kier molecular flexibility index (Phi) is 7.35. The lowest BCUT2D eigenvalue weighted by Gasteiger charge is -2.10. The Morgan fingerprint density at radius 1 is 0.703 bits per heavy atom. The van der Waals surface area contributed by atoms with Crippen molar-refractivity contribution in [1.82, 2.24) is 15.0 Å². The zero-order chi connectivity index (χ0) is 25.8. The van der Waals surface area contributed by atoms with Crippen LogP contribution in [0.5, 0.6) is 0 Å². The molecule has 0 atom stereocenters. The fourth-order valence-electron chi connectivity index (χ4n) is 4.31. The number of amides is 2. The van der Waals surface area contributed by atoms with Crippen molar-refractivity contribution in [2.24, 2.45) is 0 Å². The topological polar surface area (TPSA) is 99.8 Å². The van der Waals surface area contributed by atoms with Gasteiger partial charge in [-0.05, 0) is 48.5 Å². The summed E-state index contributed by atoms with van der Waals surface area (Å²) in [4.78, 5) is 37.4. The molecule has 5 aromatic rings. The fourth-order valence-corrected chi connectivity index (χ4v) is 4.66. The number of rotatable bonds is 8. The van der Waals surface area contributed by atoms with Crippen LogP contribution >= 0.6 is 23.2 Å². The monoisotopic (exact) mass is 531 g/mol. The van der Waals surface area contributed by atoms with Gasteiger partial charge in [0.15, 0.2) is 0 Å². The highest BCUT2D eigenvalue weighted by Gasteiger charge is 2.18. The van der Waals surface area contributed by atoms with Crippen molar-refractivity contribution in [2.45, 2.75) is 12.8 Å². The van der Waals surface area contributed by atoms with Crippen LogP contribution in [0.15, 0.2) is 73.1 Å².